The van der Waals surface area contributed by atoms with Crippen LogP contribution >= 0.6 is 15.9 Å². The van der Waals surface area contributed by atoms with Gasteiger partial charge in [-0.2, -0.15) is 0 Å². The number of methoxy groups -OCH3 is 2. The highest BCUT2D eigenvalue weighted by Crippen LogP contribution is 2.27. The van der Waals surface area contributed by atoms with Gasteiger partial charge >= 0.3 is 0 Å². The molecule has 1 atom stereocenters. The number of rotatable bonds is 9. The molecule has 1 N–H and O–H groups in total. The van der Waals surface area contributed by atoms with Gasteiger partial charge in [-0.15, -0.1) is 0 Å². The quantitative estimate of drug-likeness (QED) is 0.686. The number of halogens is 1. The molecule has 1 aromatic rings. The van der Waals surface area contributed by atoms with Crippen LogP contribution in [-0.2, 0) is 0 Å². The molecule has 0 aromatic heterocycles. The van der Waals surface area contributed by atoms with Crippen LogP contribution in [0.5, 0.6) is 11.5 Å². The van der Waals surface area contributed by atoms with E-state index in [1.807, 2.05) is 0 Å². The fourth-order valence-corrected chi connectivity index (χ4v) is 2.88. The molecule has 0 aliphatic carbocycles. The minimum Gasteiger partial charge on any atom is -0.493 e. The molecule has 1 unspecified atom stereocenters. The van der Waals surface area contributed by atoms with E-state index in [0.717, 1.165) is 24.6 Å². The summed E-state index contributed by atoms with van der Waals surface area (Å²) < 4.78 is 10.4. The molecule has 0 saturated carbocycles. The van der Waals surface area contributed by atoms with Gasteiger partial charge in [0, 0.05) is 17.4 Å². The number of carbonyl (C=O) groups is 1. The number of nitrogens with one attached hydrogen (secondary N) is 1. The molecule has 1 amide bonds. The highest BCUT2D eigenvalue weighted by Gasteiger charge is 2.13. The number of carbonyl (C=O) groups excluding carboxylic acids is 1. The fraction of sp³-hybridized carbons (Fsp3) is 0.562. The fourth-order valence-electron chi connectivity index (χ4n) is 2.23. The van der Waals surface area contributed by atoms with Gasteiger partial charge in [-0.1, -0.05) is 29.3 Å². The number of hydrogen-bond acceptors (Lipinski definition) is 3. The lowest BCUT2D eigenvalue weighted by Gasteiger charge is -2.16. The Hall–Kier alpha value is -1.23. The van der Waals surface area contributed by atoms with Crippen molar-refractivity contribution < 1.29 is 14.3 Å². The van der Waals surface area contributed by atoms with Crippen molar-refractivity contribution in [1.29, 1.82) is 0 Å². The van der Waals surface area contributed by atoms with Crippen LogP contribution < -0.4 is 14.8 Å². The van der Waals surface area contributed by atoms with E-state index in [2.05, 4.69) is 28.2 Å². The standard InChI is InChI=1S/C16H24BrNO3/c1-4-5-12(8-9-17)11-18-16(19)13-6-7-14(20-2)15(10-13)21-3/h6-7,10,12H,4-5,8-9,11H2,1-3H3,(H,18,19). The maximum Gasteiger partial charge on any atom is 0.251 e. The zero-order valence-electron chi connectivity index (χ0n) is 12.9. The Bertz CT molecular complexity index is 445. The summed E-state index contributed by atoms with van der Waals surface area (Å²) in [5, 5.41) is 3.96. The van der Waals surface area contributed by atoms with Crippen molar-refractivity contribution in [3.63, 3.8) is 0 Å². The van der Waals surface area contributed by atoms with Crippen LogP contribution in [0.15, 0.2) is 18.2 Å². The molecule has 0 radical (unpaired) electrons. The summed E-state index contributed by atoms with van der Waals surface area (Å²) in [6, 6.07) is 5.19. The first-order valence-corrected chi connectivity index (χ1v) is 8.34. The SMILES string of the molecule is CCCC(CCBr)CNC(=O)c1ccc(OC)c(OC)c1. The van der Waals surface area contributed by atoms with Crippen molar-refractivity contribution in [3.8, 4) is 11.5 Å². The average molecular weight is 358 g/mol. The first-order chi connectivity index (χ1) is 10.2. The Balaban J connectivity index is 2.66. The zero-order chi connectivity index (χ0) is 15.7. The van der Waals surface area contributed by atoms with Crippen molar-refractivity contribution in [2.45, 2.75) is 26.2 Å². The van der Waals surface area contributed by atoms with Gasteiger partial charge in [0.25, 0.3) is 5.91 Å². The smallest absolute Gasteiger partial charge is 0.251 e. The summed E-state index contributed by atoms with van der Waals surface area (Å²) in [6.45, 7) is 2.87. The lowest BCUT2D eigenvalue weighted by atomic mass is 10.0. The van der Waals surface area contributed by atoms with Crippen LogP contribution in [0.25, 0.3) is 0 Å². The molecule has 4 nitrogen and oxygen atoms in total. The molecule has 118 valence electrons. The van der Waals surface area contributed by atoms with E-state index in [-0.39, 0.29) is 5.91 Å². The van der Waals surface area contributed by atoms with Gasteiger partial charge in [0.05, 0.1) is 14.2 Å². The zero-order valence-corrected chi connectivity index (χ0v) is 14.5. The minimum absolute atomic E-state index is 0.0772. The summed E-state index contributed by atoms with van der Waals surface area (Å²) in [7, 11) is 3.14. The van der Waals surface area contributed by atoms with Crippen LogP contribution in [0.2, 0.25) is 0 Å². The normalized spacial score (nSPS) is 11.8. The molecule has 0 aliphatic rings. The molecule has 0 fully saturated rings. The Morgan fingerprint density at radius 2 is 1.95 bits per heavy atom. The highest BCUT2D eigenvalue weighted by atomic mass is 79.9. The van der Waals surface area contributed by atoms with Crippen LogP contribution in [0, 0.1) is 5.92 Å². The minimum atomic E-state index is -0.0772. The van der Waals surface area contributed by atoms with Gasteiger partial charge in [0.15, 0.2) is 11.5 Å². The van der Waals surface area contributed by atoms with Crippen LogP contribution in [0.4, 0.5) is 0 Å². The third kappa shape index (κ3) is 5.58. The van der Waals surface area contributed by atoms with Crippen molar-refractivity contribution in [2.75, 3.05) is 26.1 Å². The molecule has 21 heavy (non-hydrogen) atoms. The van der Waals surface area contributed by atoms with Gasteiger partial charge in [0.2, 0.25) is 0 Å². The van der Waals surface area contributed by atoms with E-state index >= 15 is 0 Å². The molecule has 1 aromatic carbocycles. The highest BCUT2D eigenvalue weighted by molar-refractivity contribution is 9.09. The molecule has 0 saturated heterocycles. The lowest BCUT2D eigenvalue weighted by molar-refractivity contribution is 0.0945. The lowest BCUT2D eigenvalue weighted by Crippen LogP contribution is -2.29. The second kappa shape index (κ2) is 9.66. The van der Waals surface area contributed by atoms with E-state index in [0.29, 0.717) is 29.5 Å². The average Bonchev–Trinajstić information content (AvgIpc) is 2.52. The third-order valence-electron chi connectivity index (χ3n) is 3.41. The molecule has 0 spiro atoms. The summed E-state index contributed by atoms with van der Waals surface area (Å²) in [5.74, 6) is 1.62. The van der Waals surface area contributed by atoms with Gasteiger partial charge < -0.3 is 14.8 Å². The second-order valence-corrected chi connectivity index (χ2v) is 5.71. The van der Waals surface area contributed by atoms with Crippen molar-refractivity contribution in [2.24, 2.45) is 5.92 Å². The van der Waals surface area contributed by atoms with E-state index < -0.39 is 0 Å². The Morgan fingerprint density at radius 3 is 2.52 bits per heavy atom. The predicted molar refractivity (Wildman–Crippen MR) is 88.7 cm³/mol. The maximum atomic E-state index is 12.2. The van der Waals surface area contributed by atoms with Crippen LogP contribution in [-0.4, -0.2) is 32.0 Å². The molecule has 0 aliphatic heterocycles. The molecule has 1 rings (SSSR count). The van der Waals surface area contributed by atoms with E-state index in [9.17, 15) is 4.79 Å². The van der Waals surface area contributed by atoms with Gasteiger partial charge in [0.1, 0.15) is 0 Å². The molecule has 5 heteroatoms. The number of alkyl halides is 1. The molecule has 0 bridgehead atoms. The van der Waals surface area contributed by atoms with Crippen molar-refractivity contribution in [3.05, 3.63) is 23.8 Å². The summed E-state index contributed by atoms with van der Waals surface area (Å²) >= 11 is 3.46. The predicted octanol–water partition coefficient (Wildman–Crippen LogP) is 3.63. The van der Waals surface area contributed by atoms with Gasteiger partial charge in [-0.25, -0.2) is 0 Å². The Kier molecular flexibility index (Phi) is 8.20. The second-order valence-electron chi connectivity index (χ2n) is 4.91. The Morgan fingerprint density at radius 1 is 1.24 bits per heavy atom. The largest absolute Gasteiger partial charge is 0.493 e. The molecule has 0 heterocycles. The number of benzene rings is 1. The molecular weight excluding hydrogens is 334 g/mol. The monoisotopic (exact) mass is 357 g/mol. The third-order valence-corrected chi connectivity index (χ3v) is 3.87. The van der Waals surface area contributed by atoms with E-state index in [1.54, 1.807) is 32.4 Å². The number of hydrogen-bond donors (Lipinski definition) is 1. The summed E-state index contributed by atoms with van der Waals surface area (Å²) in [6.07, 6.45) is 3.32. The van der Waals surface area contributed by atoms with Crippen LogP contribution in [0.1, 0.15) is 36.5 Å². The topological polar surface area (TPSA) is 47.6 Å². The first kappa shape index (κ1) is 17.8. The number of ether oxygens (including phenoxy) is 2. The maximum absolute atomic E-state index is 12.2. The van der Waals surface area contributed by atoms with Crippen molar-refractivity contribution in [1.82, 2.24) is 5.32 Å². The first-order valence-electron chi connectivity index (χ1n) is 7.22. The van der Waals surface area contributed by atoms with Gasteiger partial charge in [-0.05, 0) is 37.0 Å². The summed E-state index contributed by atoms with van der Waals surface area (Å²) in [5.41, 5.74) is 0.585. The van der Waals surface area contributed by atoms with Crippen LogP contribution in [0.3, 0.4) is 0 Å². The molecular formula is C16H24BrNO3. The summed E-state index contributed by atoms with van der Waals surface area (Å²) in [4.78, 5) is 12.2. The van der Waals surface area contributed by atoms with E-state index in [1.165, 1.54) is 0 Å². The van der Waals surface area contributed by atoms with Crippen molar-refractivity contribution >= 4 is 21.8 Å². The Labute approximate surface area is 135 Å². The van der Waals surface area contributed by atoms with E-state index in [4.69, 9.17) is 9.47 Å². The number of amides is 1. The van der Waals surface area contributed by atoms with Gasteiger partial charge in [-0.3, -0.25) is 4.79 Å².